The number of benzene rings is 1. The smallest absolute Gasteiger partial charge is 0.268 e. The van der Waals surface area contributed by atoms with Crippen molar-refractivity contribution in [3.05, 3.63) is 35.8 Å². The highest BCUT2D eigenvalue weighted by Gasteiger charge is 2.10. The highest BCUT2D eigenvalue weighted by Crippen LogP contribution is 2.16. The molecule has 2 aromatic rings. The first kappa shape index (κ1) is 12.1. The van der Waals surface area contributed by atoms with Crippen LogP contribution in [-0.2, 0) is 4.79 Å². The first-order valence-electron chi connectivity index (χ1n) is 5.37. The topological polar surface area (TPSA) is 74.0 Å². The van der Waals surface area contributed by atoms with Gasteiger partial charge in [0.05, 0.1) is 6.54 Å². The van der Waals surface area contributed by atoms with Crippen molar-refractivity contribution < 1.29 is 14.0 Å². The van der Waals surface area contributed by atoms with E-state index in [0.717, 1.165) is 0 Å². The number of halogens is 1. The molecule has 0 atom stereocenters. The monoisotopic (exact) mass is 249 g/mol. The highest BCUT2D eigenvalue weighted by atomic mass is 19.1. The van der Waals surface area contributed by atoms with E-state index in [0.29, 0.717) is 16.6 Å². The molecule has 0 aliphatic carbocycles. The van der Waals surface area contributed by atoms with Crippen LogP contribution in [0.25, 0.3) is 10.9 Å². The molecule has 0 bridgehead atoms. The van der Waals surface area contributed by atoms with Gasteiger partial charge in [-0.2, -0.15) is 0 Å². The fourth-order valence-electron chi connectivity index (χ4n) is 1.57. The van der Waals surface area contributed by atoms with Gasteiger partial charge in [0.25, 0.3) is 5.91 Å². The zero-order valence-electron chi connectivity index (χ0n) is 9.71. The third-order valence-electron chi connectivity index (χ3n) is 2.52. The molecule has 1 aromatic carbocycles. The molecule has 0 unspecified atom stereocenters. The molecule has 0 saturated carbocycles. The Morgan fingerprint density at radius 3 is 2.83 bits per heavy atom. The summed E-state index contributed by atoms with van der Waals surface area (Å²) >= 11 is 0. The SMILES string of the molecule is CNC(=O)CNC(=O)c1cc2cc(F)ccc2[nH]1. The van der Waals surface area contributed by atoms with E-state index in [-0.39, 0.29) is 18.3 Å². The summed E-state index contributed by atoms with van der Waals surface area (Å²) in [6.07, 6.45) is 0. The normalized spacial score (nSPS) is 10.3. The number of rotatable bonds is 3. The zero-order chi connectivity index (χ0) is 13.1. The zero-order valence-corrected chi connectivity index (χ0v) is 9.71. The number of aromatic amines is 1. The van der Waals surface area contributed by atoms with E-state index < -0.39 is 5.91 Å². The fraction of sp³-hybridized carbons (Fsp3) is 0.167. The molecular weight excluding hydrogens is 237 g/mol. The lowest BCUT2D eigenvalue weighted by Gasteiger charge is -2.01. The van der Waals surface area contributed by atoms with Crippen LogP contribution >= 0.6 is 0 Å². The molecule has 0 radical (unpaired) electrons. The summed E-state index contributed by atoms with van der Waals surface area (Å²) in [6, 6.07) is 5.74. The van der Waals surface area contributed by atoms with Gasteiger partial charge in [0.2, 0.25) is 5.91 Å². The minimum absolute atomic E-state index is 0.0982. The largest absolute Gasteiger partial charge is 0.358 e. The number of likely N-dealkylation sites (N-methyl/N-ethyl adjacent to an activating group) is 1. The maximum absolute atomic E-state index is 13.0. The van der Waals surface area contributed by atoms with E-state index in [1.165, 1.54) is 25.2 Å². The number of carbonyl (C=O) groups excluding carboxylic acids is 2. The standard InChI is InChI=1S/C12H12FN3O2/c1-14-11(17)6-15-12(18)10-5-7-4-8(13)2-3-9(7)16-10/h2-5,16H,6H2,1H3,(H,14,17)(H,15,18). The second-order valence-electron chi connectivity index (χ2n) is 3.77. The van der Waals surface area contributed by atoms with Crippen LogP contribution < -0.4 is 10.6 Å². The molecule has 1 heterocycles. The molecule has 0 spiro atoms. The van der Waals surface area contributed by atoms with Gasteiger partial charge in [0, 0.05) is 18.0 Å². The van der Waals surface area contributed by atoms with Gasteiger partial charge in [-0.1, -0.05) is 0 Å². The van der Waals surface area contributed by atoms with Gasteiger partial charge >= 0.3 is 0 Å². The molecule has 0 fully saturated rings. The van der Waals surface area contributed by atoms with Crippen LogP contribution in [0.5, 0.6) is 0 Å². The minimum atomic E-state index is -0.407. The van der Waals surface area contributed by atoms with Gasteiger partial charge in [-0.15, -0.1) is 0 Å². The van der Waals surface area contributed by atoms with Crippen LogP contribution in [0.1, 0.15) is 10.5 Å². The van der Waals surface area contributed by atoms with Crippen molar-refractivity contribution in [2.45, 2.75) is 0 Å². The predicted molar refractivity (Wildman–Crippen MR) is 64.7 cm³/mol. The second-order valence-corrected chi connectivity index (χ2v) is 3.77. The van der Waals surface area contributed by atoms with Crippen LogP contribution in [0, 0.1) is 5.82 Å². The number of amides is 2. The lowest BCUT2D eigenvalue weighted by molar-refractivity contribution is -0.119. The molecule has 0 aliphatic rings. The van der Waals surface area contributed by atoms with E-state index in [1.54, 1.807) is 6.07 Å². The van der Waals surface area contributed by atoms with Crippen LogP contribution in [0.15, 0.2) is 24.3 Å². The van der Waals surface area contributed by atoms with Crippen molar-refractivity contribution in [1.29, 1.82) is 0 Å². The molecular formula is C12H12FN3O2. The molecule has 18 heavy (non-hydrogen) atoms. The third-order valence-corrected chi connectivity index (χ3v) is 2.52. The molecule has 0 aliphatic heterocycles. The van der Waals surface area contributed by atoms with Crippen LogP contribution in [0.4, 0.5) is 4.39 Å². The summed E-state index contributed by atoms with van der Waals surface area (Å²) in [7, 11) is 1.49. The first-order valence-corrected chi connectivity index (χ1v) is 5.37. The molecule has 0 saturated heterocycles. The van der Waals surface area contributed by atoms with Crippen LogP contribution in [0.2, 0.25) is 0 Å². The summed E-state index contributed by atoms with van der Waals surface area (Å²) in [5.41, 5.74) is 0.959. The van der Waals surface area contributed by atoms with Gasteiger partial charge in [-0.25, -0.2) is 4.39 Å². The Balaban J connectivity index is 2.15. The van der Waals surface area contributed by atoms with Gasteiger partial charge in [-0.05, 0) is 24.3 Å². The average Bonchev–Trinajstić information content (AvgIpc) is 2.78. The van der Waals surface area contributed by atoms with Crippen molar-refractivity contribution in [3.8, 4) is 0 Å². The Kier molecular flexibility index (Phi) is 3.27. The Morgan fingerprint density at radius 1 is 1.33 bits per heavy atom. The Labute approximate surface area is 102 Å². The molecule has 2 rings (SSSR count). The second kappa shape index (κ2) is 4.87. The molecule has 6 heteroatoms. The number of hydrogen-bond acceptors (Lipinski definition) is 2. The summed E-state index contributed by atoms with van der Waals surface area (Å²) < 4.78 is 13.0. The van der Waals surface area contributed by atoms with Crippen LogP contribution in [0.3, 0.4) is 0 Å². The van der Waals surface area contributed by atoms with E-state index >= 15 is 0 Å². The number of H-pyrrole nitrogens is 1. The summed E-state index contributed by atoms with van der Waals surface area (Å²) in [4.78, 5) is 25.5. The average molecular weight is 249 g/mol. The molecule has 5 nitrogen and oxygen atoms in total. The number of aromatic nitrogens is 1. The van der Waals surface area contributed by atoms with E-state index in [1.807, 2.05) is 0 Å². The first-order chi connectivity index (χ1) is 8.60. The Morgan fingerprint density at radius 2 is 2.11 bits per heavy atom. The van der Waals surface area contributed by atoms with Crippen molar-refractivity contribution in [2.24, 2.45) is 0 Å². The quantitative estimate of drug-likeness (QED) is 0.752. The molecule has 3 N–H and O–H groups in total. The number of fused-ring (bicyclic) bond motifs is 1. The van der Waals surface area contributed by atoms with Crippen molar-refractivity contribution >= 4 is 22.7 Å². The summed E-state index contributed by atoms with van der Waals surface area (Å²) in [6.45, 7) is -0.0982. The van der Waals surface area contributed by atoms with Gasteiger partial charge in [-0.3, -0.25) is 9.59 Å². The van der Waals surface area contributed by atoms with Crippen LogP contribution in [-0.4, -0.2) is 30.4 Å². The minimum Gasteiger partial charge on any atom is -0.358 e. The predicted octanol–water partition coefficient (Wildman–Crippen LogP) is 0.783. The van der Waals surface area contributed by atoms with E-state index in [2.05, 4.69) is 15.6 Å². The lowest BCUT2D eigenvalue weighted by Crippen LogP contribution is -2.35. The number of nitrogens with one attached hydrogen (secondary N) is 3. The molecule has 94 valence electrons. The summed E-state index contributed by atoms with van der Waals surface area (Å²) in [5.74, 6) is -1.06. The van der Waals surface area contributed by atoms with Crippen molar-refractivity contribution in [2.75, 3.05) is 13.6 Å². The maximum Gasteiger partial charge on any atom is 0.268 e. The summed E-state index contributed by atoms with van der Waals surface area (Å²) in [5, 5.41) is 5.45. The van der Waals surface area contributed by atoms with Crippen molar-refractivity contribution in [1.82, 2.24) is 15.6 Å². The van der Waals surface area contributed by atoms with Gasteiger partial charge in [0.15, 0.2) is 0 Å². The fourth-order valence-corrected chi connectivity index (χ4v) is 1.57. The highest BCUT2D eigenvalue weighted by molar-refractivity contribution is 5.99. The molecule has 1 aromatic heterocycles. The maximum atomic E-state index is 13.0. The third kappa shape index (κ3) is 2.48. The van der Waals surface area contributed by atoms with Gasteiger partial charge < -0.3 is 15.6 Å². The van der Waals surface area contributed by atoms with Crippen molar-refractivity contribution in [3.63, 3.8) is 0 Å². The molecule has 2 amide bonds. The lowest BCUT2D eigenvalue weighted by atomic mass is 10.2. The number of hydrogen-bond donors (Lipinski definition) is 3. The number of carbonyl (C=O) groups is 2. The van der Waals surface area contributed by atoms with E-state index in [4.69, 9.17) is 0 Å². The Hall–Kier alpha value is -2.37. The van der Waals surface area contributed by atoms with E-state index in [9.17, 15) is 14.0 Å². The Bertz CT molecular complexity index is 606. The van der Waals surface area contributed by atoms with Gasteiger partial charge in [0.1, 0.15) is 11.5 Å².